The van der Waals surface area contributed by atoms with Gasteiger partial charge in [0.2, 0.25) is 0 Å². The van der Waals surface area contributed by atoms with Gasteiger partial charge in [-0.25, -0.2) is 0 Å². The highest BCUT2D eigenvalue weighted by molar-refractivity contribution is 6.81. The molecule has 43 heavy (non-hydrogen) atoms. The van der Waals surface area contributed by atoms with E-state index in [0.717, 1.165) is 19.3 Å². The van der Waals surface area contributed by atoms with Crippen LogP contribution in [-0.2, 0) is 22.8 Å². The average molecular weight is 673 g/mol. The molecule has 0 saturated carbocycles. The van der Waals surface area contributed by atoms with Crippen LogP contribution < -0.4 is 0 Å². The molecule has 0 N–H and O–H groups in total. The fourth-order valence-corrected chi connectivity index (χ4v) is 9.58. The lowest BCUT2D eigenvalue weighted by Crippen LogP contribution is -2.69. The van der Waals surface area contributed by atoms with Crippen molar-refractivity contribution in [2.24, 2.45) is 0 Å². The van der Waals surface area contributed by atoms with Crippen molar-refractivity contribution in [3.05, 3.63) is 11.8 Å². The zero-order valence-electron chi connectivity index (χ0n) is 31.9. The Kier molecular flexibility index (Phi) is 12.4. The van der Waals surface area contributed by atoms with Crippen molar-refractivity contribution in [2.45, 2.75) is 205 Å². The largest absolute Gasteiger partial charge is 0.408 e. The van der Waals surface area contributed by atoms with Gasteiger partial charge in [-0.15, -0.1) is 0 Å². The van der Waals surface area contributed by atoms with E-state index in [4.69, 9.17) is 22.8 Å². The molecule has 7 atom stereocenters. The Balaban J connectivity index is 2.81. The number of hydrogen-bond donors (Lipinski definition) is 0. The molecule has 9 heteroatoms. The molecule has 254 valence electrons. The first-order chi connectivity index (χ1) is 19.0. The monoisotopic (exact) mass is 672 g/mol. The molecule has 0 bridgehead atoms. The molecule has 0 amide bonds. The molecule has 0 aromatic heterocycles. The predicted octanol–water partition coefficient (Wildman–Crippen LogP) is 10.3. The lowest BCUT2D eigenvalue weighted by molar-refractivity contribution is -0.266. The van der Waals surface area contributed by atoms with E-state index in [1.165, 1.54) is 0 Å². The van der Waals surface area contributed by atoms with Gasteiger partial charge in [0.15, 0.2) is 25.0 Å². The topological polar surface area (TPSA) is 46.2 Å². The first-order valence-electron chi connectivity index (χ1n) is 17.1. The molecule has 2 rings (SSSR count). The van der Waals surface area contributed by atoms with E-state index in [1.54, 1.807) is 0 Å². The van der Waals surface area contributed by atoms with Gasteiger partial charge in [0.1, 0.15) is 24.4 Å². The van der Waals surface area contributed by atoms with Crippen molar-refractivity contribution in [3.8, 4) is 0 Å². The Labute approximate surface area is 272 Å². The van der Waals surface area contributed by atoms with Crippen LogP contribution >= 0.6 is 0 Å². The Morgan fingerprint density at radius 1 is 0.674 bits per heavy atom. The predicted molar refractivity (Wildman–Crippen MR) is 196 cm³/mol. The second kappa shape index (κ2) is 13.5. The molecule has 2 saturated heterocycles. The fourth-order valence-electron chi connectivity index (χ4n) is 4.96. The molecule has 0 unspecified atom stereocenters. The minimum atomic E-state index is -2.24. The van der Waals surface area contributed by atoms with Gasteiger partial charge in [0.25, 0.3) is 0 Å². The van der Waals surface area contributed by atoms with Crippen LogP contribution in [0.25, 0.3) is 0 Å². The second-order valence-electron chi connectivity index (χ2n) is 19.1. The van der Waals surface area contributed by atoms with Gasteiger partial charge in [-0.1, -0.05) is 101 Å². The van der Waals surface area contributed by atoms with Crippen molar-refractivity contribution in [1.82, 2.24) is 0 Å². The molecule has 0 spiro atoms. The molecule has 2 fully saturated rings. The summed E-state index contributed by atoms with van der Waals surface area (Å²) in [7, 11) is -8.11. The summed E-state index contributed by atoms with van der Waals surface area (Å²) < 4.78 is 36.5. The number of fused-ring (bicyclic) bond motifs is 1. The van der Waals surface area contributed by atoms with Crippen LogP contribution in [0.4, 0.5) is 0 Å². The highest BCUT2D eigenvalue weighted by Crippen LogP contribution is 2.47. The standard InChI is InChI=1S/C34H72O5Si4/c1-20-25-21-22-26-28(35-25)30(38-42(16,17)33(5,6)7)31(39-43(18,19)34(8,9)10)29(36-26)27(23-24-40(11,12)13)37-41(14,15)32(2,3)4/h23-31H,20-22H2,1-19H3/b24-23+/t25-,26-,27-,28-,29-,30-,31+/m0/s1. The van der Waals surface area contributed by atoms with Crippen molar-refractivity contribution in [1.29, 1.82) is 0 Å². The summed E-state index contributed by atoms with van der Waals surface area (Å²) in [5, 5.41) is 0.176. The maximum absolute atomic E-state index is 7.50. The molecule has 2 aliphatic heterocycles. The van der Waals surface area contributed by atoms with Gasteiger partial charge in [0.05, 0.1) is 26.4 Å². The van der Waals surface area contributed by atoms with Crippen LogP contribution in [0.15, 0.2) is 11.8 Å². The summed E-state index contributed by atoms with van der Waals surface area (Å²) in [6, 6.07) is 0. The Hall–Kier alpha value is 0.408. The van der Waals surface area contributed by atoms with Gasteiger partial charge in [-0.05, 0) is 73.7 Å². The van der Waals surface area contributed by atoms with Crippen LogP contribution in [0.2, 0.25) is 74.0 Å². The zero-order chi connectivity index (χ0) is 33.6. The summed E-state index contributed by atoms with van der Waals surface area (Å²) in [5.41, 5.74) is 2.44. The Morgan fingerprint density at radius 3 is 1.56 bits per heavy atom. The van der Waals surface area contributed by atoms with Gasteiger partial charge in [-0.3, -0.25) is 0 Å². The molecule has 2 heterocycles. The van der Waals surface area contributed by atoms with Crippen LogP contribution in [0, 0.1) is 0 Å². The van der Waals surface area contributed by atoms with E-state index < -0.39 is 33.0 Å². The lowest BCUT2D eigenvalue weighted by Gasteiger charge is -2.56. The summed E-state index contributed by atoms with van der Waals surface area (Å²) >= 11 is 0. The lowest BCUT2D eigenvalue weighted by atomic mass is 9.87. The van der Waals surface area contributed by atoms with E-state index in [0.29, 0.717) is 0 Å². The summed E-state index contributed by atoms with van der Waals surface area (Å²) in [6.45, 7) is 44.5. The fraction of sp³-hybridized carbons (Fsp3) is 0.941. The average Bonchev–Trinajstić information content (AvgIpc) is 2.79. The third kappa shape index (κ3) is 9.95. The molecule has 0 aromatic carbocycles. The minimum Gasteiger partial charge on any atom is -0.408 e. The normalized spacial score (nSPS) is 29.6. The van der Waals surface area contributed by atoms with Crippen molar-refractivity contribution in [2.75, 3.05) is 0 Å². The molecule has 2 aliphatic rings. The van der Waals surface area contributed by atoms with Gasteiger partial charge >= 0.3 is 0 Å². The summed E-state index contributed by atoms with van der Waals surface area (Å²) in [4.78, 5) is 0. The highest BCUT2D eigenvalue weighted by atomic mass is 28.4. The Bertz CT molecular complexity index is 936. The summed E-state index contributed by atoms with van der Waals surface area (Å²) in [5.74, 6) is 0. The van der Waals surface area contributed by atoms with Crippen molar-refractivity contribution < 1.29 is 22.8 Å². The number of hydrogen-bond acceptors (Lipinski definition) is 5. The van der Waals surface area contributed by atoms with Gasteiger partial charge in [0, 0.05) is 0 Å². The van der Waals surface area contributed by atoms with Gasteiger partial charge < -0.3 is 22.8 Å². The molecule has 0 aliphatic carbocycles. The minimum absolute atomic E-state index is 0.0346. The van der Waals surface area contributed by atoms with E-state index in [1.807, 2.05) is 0 Å². The maximum Gasteiger partial charge on any atom is 0.193 e. The molecular weight excluding hydrogens is 601 g/mol. The SMILES string of the molecule is CC[C@H]1CC[C@@H]2O[C@@H]([C@H](/C=C/[Si](C)(C)C)O[Si](C)(C)C(C)(C)C)[C@@H](O[Si](C)(C)C(C)(C)C)[C@@H](O[Si](C)(C)C(C)(C)C)[C@H]2O1. The van der Waals surface area contributed by atoms with Crippen LogP contribution in [0.5, 0.6) is 0 Å². The molecule has 0 radical (unpaired) electrons. The van der Waals surface area contributed by atoms with Crippen LogP contribution in [-0.4, -0.2) is 75.8 Å². The van der Waals surface area contributed by atoms with Crippen molar-refractivity contribution in [3.63, 3.8) is 0 Å². The molecule has 0 aromatic rings. The van der Waals surface area contributed by atoms with E-state index in [9.17, 15) is 0 Å². The van der Waals surface area contributed by atoms with E-state index in [-0.39, 0.29) is 57.8 Å². The first-order valence-corrected chi connectivity index (χ1v) is 29.4. The second-order valence-corrected chi connectivity index (χ2v) is 38.4. The van der Waals surface area contributed by atoms with Gasteiger partial charge in [-0.2, -0.15) is 0 Å². The number of ether oxygens (including phenoxy) is 2. The molecule has 5 nitrogen and oxygen atoms in total. The third-order valence-corrected chi connectivity index (χ3v) is 25.7. The third-order valence-electron chi connectivity index (χ3n) is 11.1. The zero-order valence-corrected chi connectivity index (χ0v) is 35.9. The first kappa shape index (κ1) is 39.6. The summed E-state index contributed by atoms with van der Waals surface area (Å²) in [6.07, 6.45) is 4.42. The van der Waals surface area contributed by atoms with Crippen molar-refractivity contribution >= 4 is 33.0 Å². The van der Waals surface area contributed by atoms with Crippen LogP contribution in [0.3, 0.4) is 0 Å². The smallest absolute Gasteiger partial charge is 0.193 e. The molecular formula is C34H72O5Si4. The highest BCUT2D eigenvalue weighted by Gasteiger charge is 2.57. The maximum atomic E-state index is 7.50. The van der Waals surface area contributed by atoms with E-state index >= 15 is 0 Å². The number of rotatable bonds is 10. The van der Waals surface area contributed by atoms with Crippen LogP contribution in [0.1, 0.15) is 88.5 Å². The van der Waals surface area contributed by atoms with E-state index in [2.05, 4.69) is 140 Å². The quantitative estimate of drug-likeness (QED) is 0.216. The Morgan fingerprint density at radius 2 is 1.14 bits per heavy atom.